The van der Waals surface area contributed by atoms with Crippen LogP contribution in [0.4, 0.5) is 11.6 Å². The summed E-state index contributed by atoms with van der Waals surface area (Å²) in [5.74, 6) is 2.33. The van der Waals surface area contributed by atoms with Crippen LogP contribution in [0, 0.1) is 0 Å². The summed E-state index contributed by atoms with van der Waals surface area (Å²) in [4.78, 5) is 8.33. The van der Waals surface area contributed by atoms with Crippen LogP contribution in [0.2, 0.25) is 0 Å². The summed E-state index contributed by atoms with van der Waals surface area (Å²) in [6.07, 6.45) is 2.75. The number of hydrogen-bond acceptors (Lipinski definition) is 4. The van der Waals surface area contributed by atoms with E-state index in [1.807, 2.05) is 13.1 Å². The smallest absolute Gasteiger partial charge is 0.131 e. The standard InChI is InChI=1S/C14H16N4/c1-15-13-8-14(17-9-16-13)18-12-7-11(12)10-5-3-2-4-6-10/h2-6,8-9,11-12H,7H2,1H3,(H2,15,16,17,18). The third-order valence-electron chi connectivity index (χ3n) is 3.27. The largest absolute Gasteiger partial charge is 0.373 e. The first-order valence-corrected chi connectivity index (χ1v) is 6.18. The molecule has 1 aliphatic rings. The Kier molecular flexibility index (Phi) is 2.84. The molecule has 2 unspecified atom stereocenters. The van der Waals surface area contributed by atoms with Gasteiger partial charge in [-0.25, -0.2) is 9.97 Å². The molecule has 0 bridgehead atoms. The summed E-state index contributed by atoms with van der Waals surface area (Å²) >= 11 is 0. The monoisotopic (exact) mass is 240 g/mol. The molecule has 2 atom stereocenters. The molecule has 1 heterocycles. The second-order valence-corrected chi connectivity index (χ2v) is 4.54. The Morgan fingerprint density at radius 2 is 1.89 bits per heavy atom. The van der Waals surface area contributed by atoms with E-state index in [-0.39, 0.29) is 0 Å². The molecule has 1 aromatic carbocycles. The number of hydrogen-bond donors (Lipinski definition) is 2. The lowest BCUT2D eigenvalue weighted by molar-refractivity contribution is 1.02. The van der Waals surface area contributed by atoms with Crippen LogP contribution in [0.15, 0.2) is 42.7 Å². The Hall–Kier alpha value is -2.10. The van der Waals surface area contributed by atoms with Gasteiger partial charge < -0.3 is 10.6 Å². The van der Waals surface area contributed by atoms with Gasteiger partial charge in [0.05, 0.1) is 0 Å². The molecule has 92 valence electrons. The highest BCUT2D eigenvalue weighted by molar-refractivity contribution is 5.48. The fourth-order valence-corrected chi connectivity index (χ4v) is 2.19. The molecule has 0 radical (unpaired) electrons. The zero-order valence-corrected chi connectivity index (χ0v) is 10.3. The molecule has 1 fully saturated rings. The van der Waals surface area contributed by atoms with Gasteiger partial charge in [0.1, 0.15) is 18.0 Å². The molecule has 0 spiro atoms. The average molecular weight is 240 g/mol. The first-order chi connectivity index (χ1) is 8.86. The van der Waals surface area contributed by atoms with Crippen molar-refractivity contribution in [3.63, 3.8) is 0 Å². The van der Waals surface area contributed by atoms with Gasteiger partial charge in [-0.3, -0.25) is 0 Å². The van der Waals surface area contributed by atoms with E-state index >= 15 is 0 Å². The van der Waals surface area contributed by atoms with Crippen LogP contribution in [-0.2, 0) is 0 Å². The molecule has 3 rings (SSSR count). The minimum Gasteiger partial charge on any atom is -0.373 e. The Labute approximate surface area is 106 Å². The quantitative estimate of drug-likeness (QED) is 0.862. The van der Waals surface area contributed by atoms with Gasteiger partial charge in [0.15, 0.2) is 0 Å². The zero-order chi connectivity index (χ0) is 12.4. The van der Waals surface area contributed by atoms with Crippen LogP contribution in [0.5, 0.6) is 0 Å². The van der Waals surface area contributed by atoms with Crippen molar-refractivity contribution >= 4 is 11.6 Å². The molecule has 4 heteroatoms. The molecule has 0 amide bonds. The topological polar surface area (TPSA) is 49.8 Å². The normalized spacial score (nSPS) is 21.4. The summed E-state index contributed by atoms with van der Waals surface area (Å²) in [6, 6.07) is 13.0. The summed E-state index contributed by atoms with van der Waals surface area (Å²) in [6.45, 7) is 0. The van der Waals surface area contributed by atoms with E-state index in [0.717, 1.165) is 11.6 Å². The number of nitrogens with zero attached hydrogens (tertiary/aromatic N) is 2. The van der Waals surface area contributed by atoms with E-state index in [0.29, 0.717) is 12.0 Å². The van der Waals surface area contributed by atoms with Crippen molar-refractivity contribution in [2.75, 3.05) is 17.7 Å². The molecular weight excluding hydrogens is 224 g/mol. The summed E-state index contributed by atoms with van der Waals surface area (Å²) in [5, 5.41) is 6.46. The molecule has 2 N–H and O–H groups in total. The lowest BCUT2D eigenvalue weighted by atomic mass is 10.1. The first kappa shape index (κ1) is 11.0. The Morgan fingerprint density at radius 1 is 1.11 bits per heavy atom. The SMILES string of the molecule is CNc1cc(NC2CC2c2ccccc2)ncn1. The minimum absolute atomic E-state index is 0.493. The van der Waals surface area contributed by atoms with E-state index in [2.05, 4.69) is 50.9 Å². The van der Waals surface area contributed by atoms with Gasteiger partial charge in [0.2, 0.25) is 0 Å². The van der Waals surface area contributed by atoms with E-state index in [9.17, 15) is 0 Å². The van der Waals surface area contributed by atoms with Gasteiger partial charge in [0, 0.05) is 25.1 Å². The highest BCUT2D eigenvalue weighted by Crippen LogP contribution is 2.42. The van der Waals surface area contributed by atoms with Crippen LogP contribution in [0.3, 0.4) is 0 Å². The number of rotatable bonds is 4. The van der Waals surface area contributed by atoms with Gasteiger partial charge in [0.25, 0.3) is 0 Å². The maximum absolute atomic E-state index is 4.23. The number of nitrogens with one attached hydrogen (secondary N) is 2. The van der Waals surface area contributed by atoms with Gasteiger partial charge in [-0.05, 0) is 12.0 Å². The Balaban J connectivity index is 1.65. The molecule has 1 aromatic heterocycles. The van der Waals surface area contributed by atoms with Crippen molar-refractivity contribution in [3.05, 3.63) is 48.3 Å². The minimum atomic E-state index is 0.493. The van der Waals surface area contributed by atoms with E-state index < -0.39 is 0 Å². The highest BCUT2D eigenvalue weighted by atomic mass is 15.1. The van der Waals surface area contributed by atoms with Crippen molar-refractivity contribution in [1.29, 1.82) is 0 Å². The average Bonchev–Trinajstić information content (AvgIpc) is 3.19. The highest BCUT2D eigenvalue weighted by Gasteiger charge is 2.38. The van der Waals surface area contributed by atoms with E-state index in [1.165, 1.54) is 12.0 Å². The predicted molar refractivity (Wildman–Crippen MR) is 72.8 cm³/mol. The zero-order valence-electron chi connectivity index (χ0n) is 10.3. The van der Waals surface area contributed by atoms with Crippen LogP contribution >= 0.6 is 0 Å². The van der Waals surface area contributed by atoms with Crippen molar-refractivity contribution < 1.29 is 0 Å². The molecule has 0 aliphatic heterocycles. The fraction of sp³-hybridized carbons (Fsp3) is 0.286. The number of aromatic nitrogens is 2. The van der Waals surface area contributed by atoms with Crippen LogP contribution in [0.25, 0.3) is 0 Å². The number of anilines is 2. The van der Waals surface area contributed by atoms with Crippen LogP contribution < -0.4 is 10.6 Å². The molecular formula is C14H16N4. The lowest BCUT2D eigenvalue weighted by Crippen LogP contribution is -2.06. The van der Waals surface area contributed by atoms with Crippen molar-refractivity contribution in [1.82, 2.24) is 9.97 Å². The van der Waals surface area contributed by atoms with Crippen molar-refractivity contribution in [2.24, 2.45) is 0 Å². The molecule has 18 heavy (non-hydrogen) atoms. The maximum atomic E-state index is 4.23. The fourth-order valence-electron chi connectivity index (χ4n) is 2.19. The van der Waals surface area contributed by atoms with Crippen molar-refractivity contribution in [3.8, 4) is 0 Å². The maximum Gasteiger partial charge on any atom is 0.131 e. The summed E-state index contributed by atoms with van der Waals surface area (Å²) in [7, 11) is 1.86. The van der Waals surface area contributed by atoms with Crippen LogP contribution in [0.1, 0.15) is 17.9 Å². The first-order valence-electron chi connectivity index (χ1n) is 6.18. The summed E-state index contributed by atoms with van der Waals surface area (Å²) < 4.78 is 0. The second-order valence-electron chi connectivity index (χ2n) is 4.54. The van der Waals surface area contributed by atoms with Crippen molar-refractivity contribution in [2.45, 2.75) is 18.4 Å². The summed E-state index contributed by atoms with van der Waals surface area (Å²) in [5.41, 5.74) is 1.40. The van der Waals surface area contributed by atoms with E-state index in [1.54, 1.807) is 6.33 Å². The second kappa shape index (κ2) is 4.64. The third-order valence-corrected chi connectivity index (χ3v) is 3.27. The number of benzene rings is 1. The molecule has 2 aromatic rings. The predicted octanol–water partition coefficient (Wildman–Crippen LogP) is 2.49. The molecule has 0 saturated heterocycles. The van der Waals surface area contributed by atoms with Gasteiger partial charge in [-0.1, -0.05) is 30.3 Å². The molecule has 4 nitrogen and oxygen atoms in total. The Morgan fingerprint density at radius 3 is 2.67 bits per heavy atom. The Bertz CT molecular complexity index is 526. The van der Waals surface area contributed by atoms with Crippen LogP contribution in [-0.4, -0.2) is 23.1 Å². The lowest BCUT2D eigenvalue weighted by Gasteiger charge is -2.06. The molecule has 1 saturated carbocycles. The molecule has 1 aliphatic carbocycles. The van der Waals surface area contributed by atoms with Gasteiger partial charge >= 0.3 is 0 Å². The third kappa shape index (κ3) is 2.27. The van der Waals surface area contributed by atoms with Gasteiger partial charge in [-0.2, -0.15) is 0 Å². The van der Waals surface area contributed by atoms with Gasteiger partial charge in [-0.15, -0.1) is 0 Å². The van der Waals surface area contributed by atoms with E-state index in [4.69, 9.17) is 0 Å².